The predicted molar refractivity (Wildman–Crippen MR) is 109 cm³/mol. The molecule has 9 heteroatoms. The second-order valence-corrected chi connectivity index (χ2v) is 7.26. The first-order valence-electron chi connectivity index (χ1n) is 9.29. The largest absolute Gasteiger partial charge is 0.496 e. The van der Waals surface area contributed by atoms with E-state index in [0.717, 1.165) is 28.8 Å². The van der Waals surface area contributed by atoms with Crippen LogP contribution in [0.15, 0.2) is 18.2 Å². The van der Waals surface area contributed by atoms with Crippen LogP contribution in [0.1, 0.15) is 13.8 Å². The number of benzene rings is 1. The number of aromatic amines is 1. The van der Waals surface area contributed by atoms with Crippen molar-refractivity contribution in [2.24, 2.45) is 5.92 Å². The van der Waals surface area contributed by atoms with Gasteiger partial charge in [-0.05, 0) is 18.1 Å². The number of hydrogen-bond acceptors (Lipinski definition) is 8. The van der Waals surface area contributed by atoms with E-state index in [1.807, 2.05) is 18.2 Å². The Kier molecular flexibility index (Phi) is 4.68. The molecule has 0 aliphatic carbocycles. The molecule has 0 spiro atoms. The number of anilines is 3. The lowest BCUT2D eigenvalue weighted by atomic mass is 10.0. The van der Waals surface area contributed by atoms with E-state index in [1.54, 1.807) is 7.11 Å². The van der Waals surface area contributed by atoms with E-state index in [1.165, 1.54) is 0 Å². The zero-order valence-corrected chi connectivity index (χ0v) is 16.3. The molecule has 3 aromatic rings. The average Bonchev–Trinajstić information content (AvgIpc) is 3.07. The molecule has 148 valence electrons. The molecule has 1 unspecified atom stereocenters. The van der Waals surface area contributed by atoms with Crippen molar-refractivity contribution in [3.05, 3.63) is 18.2 Å². The predicted octanol–water partition coefficient (Wildman–Crippen LogP) is 2.05. The summed E-state index contributed by atoms with van der Waals surface area (Å²) in [6, 6.07) is 6.02. The Morgan fingerprint density at radius 1 is 1.25 bits per heavy atom. The Balaban J connectivity index is 1.80. The summed E-state index contributed by atoms with van der Waals surface area (Å²) < 4.78 is 11.2. The molecule has 1 fully saturated rings. The topological polar surface area (TPSA) is 128 Å². The standard InChI is InChI=1S/C19H25N7O2/c1-10(2)14-9-28-5-4-26(14)16-8-12(22-19(21)23-16)11-6-13-17(15(7-11)27-3)18(20)25-24-13/h6-8,10,14H,4-5,9H2,1-3H3,(H3,20,24,25)(H2,21,22,23). The van der Waals surface area contributed by atoms with E-state index in [0.29, 0.717) is 36.4 Å². The number of hydrogen-bond donors (Lipinski definition) is 3. The minimum absolute atomic E-state index is 0.227. The zero-order valence-electron chi connectivity index (χ0n) is 16.3. The van der Waals surface area contributed by atoms with Crippen LogP contribution in [0.2, 0.25) is 0 Å². The minimum Gasteiger partial charge on any atom is -0.496 e. The lowest BCUT2D eigenvalue weighted by Crippen LogP contribution is -2.48. The highest BCUT2D eigenvalue weighted by molar-refractivity contribution is 5.97. The molecular weight excluding hydrogens is 358 g/mol. The van der Waals surface area contributed by atoms with Gasteiger partial charge in [-0.2, -0.15) is 10.1 Å². The fourth-order valence-corrected chi connectivity index (χ4v) is 3.66. The summed E-state index contributed by atoms with van der Waals surface area (Å²) in [6.45, 7) is 6.45. The van der Waals surface area contributed by atoms with Crippen molar-refractivity contribution in [3.8, 4) is 17.0 Å². The third kappa shape index (κ3) is 3.18. The Morgan fingerprint density at radius 3 is 2.82 bits per heavy atom. The van der Waals surface area contributed by atoms with Crippen molar-refractivity contribution in [1.82, 2.24) is 20.2 Å². The number of aromatic nitrogens is 4. The molecule has 5 N–H and O–H groups in total. The quantitative estimate of drug-likeness (QED) is 0.624. The van der Waals surface area contributed by atoms with Crippen LogP contribution in [-0.2, 0) is 4.74 Å². The van der Waals surface area contributed by atoms with E-state index in [-0.39, 0.29) is 12.0 Å². The summed E-state index contributed by atoms with van der Waals surface area (Å²) in [5.74, 6) is 2.47. The van der Waals surface area contributed by atoms with E-state index >= 15 is 0 Å². The zero-order chi connectivity index (χ0) is 19.8. The highest BCUT2D eigenvalue weighted by Gasteiger charge is 2.27. The van der Waals surface area contributed by atoms with Crippen LogP contribution in [0.5, 0.6) is 5.75 Å². The van der Waals surface area contributed by atoms with Crippen molar-refractivity contribution < 1.29 is 9.47 Å². The summed E-state index contributed by atoms with van der Waals surface area (Å²) in [4.78, 5) is 11.2. The molecular formula is C19H25N7O2. The van der Waals surface area contributed by atoms with Gasteiger partial charge in [0, 0.05) is 18.2 Å². The molecule has 1 aliphatic heterocycles. The van der Waals surface area contributed by atoms with Crippen LogP contribution in [0.25, 0.3) is 22.2 Å². The Bertz CT molecular complexity index is 1000. The first-order valence-corrected chi connectivity index (χ1v) is 9.29. The molecule has 0 amide bonds. The lowest BCUT2D eigenvalue weighted by Gasteiger charge is -2.39. The van der Waals surface area contributed by atoms with E-state index in [9.17, 15) is 0 Å². The third-order valence-corrected chi connectivity index (χ3v) is 5.13. The monoisotopic (exact) mass is 383 g/mol. The number of nitrogens with two attached hydrogens (primary N) is 2. The van der Waals surface area contributed by atoms with Gasteiger partial charge in [0.05, 0.1) is 43.0 Å². The van der Waals surface area contributed by atoms with Gasteiger partial charge in [0.2, 0.25) is 5.95 Å². The SMILES string of the molecule is COc1cc(-c2cc(N3CCOCC3C(C)C)nc(N)n2)cc2[nH]nc(N)c12. The maximum atomic E-state index is 6.06. The van der Waals surface area contributed by atoms with Gasteiger partial charge in [-0.1, -0.05) is 13.8 Å². The van der Waals surface area contributed by atoms with Gasteiger partial charge < -0.3 is 25.8 Å². The van der Waals surface area contributed by atoms with Crippen LogP contribution in [0.3, 0.4) is 0 Å². The molecule has 1 saturated heterocycles. The van der Waals surface area contributed by atoms with Gasteiger partial charge in [0.15, 0.2) is 5.82 Å². The number of fused-ring (bicyclic) bond motifs is 1. The third-order valence-electron chi connectivity index (χ3n) is 5.13. The van der Waals surface area contributed by atoms with Gasteiger partial charge in [-0.15, -0.1) is 0 Å². The summed E-state index contributed by atoms with van der Waals surface area (Å²) in [6.07, 6.45) is 0. The number of methoxy groups -OCH3 is 1. The van der Waals surface area contributed by atoms with Crippen LogP contribution in [-0.4, -0.2) is 53.1 Å². The molecule has 1 aromatic carbocycles. The number of nitrogens with zero attached hydrogens (tertiary/aromatic N) is 4. The molecule has 1 atom stereocenters. The number of rotatable bonds is 4. The molecule has 1 aliphatic rings. The summed E-state index contributed by atoms with van der Waals surface area (Å²) in [5.41, 5.74) is 14.3. The van der Waals surface area contributed by atoms with Crippen molar-refractivity contribution in [1.29, 1.82) is 0 Å². The van der Waals surface area contributed by atoms with Crippen molar-refractivity contribution in [2.45, 2.75) is 19.9 Å². The minimum atomic E-state index is 0.227. The van der Waals surface area contributed by atoms with E-state index in [4.69, 9.17) is 20.9 Å². The van der Waals surface area contributed by atoms with Crippen LogP contribution < -0.4 is 21.1 Å². The lowest BCUT2D eigenvalue weighted by molar-refractivity contribution is 0.0802. The summed E-state index contributed by atoms with van der Waals surface area (Å²) >= 11 is 0. The van der Waals surface area contributed by atoms with Crippen LogP contribution >= 0.6 is 0 Å². The maximum Gasteiger partial charge on any atom is 0.222 e. The highest BCUT2D eigenvalue weighted by atomic mass is 16.5. The molecule has 28 heavy (non-hydrogen) atoms. The maximum absolute atomic E-state index is 6.06. The van der Waals surface area contributed by atoms with Gasteiger partial charge in [-0.25, -0.2) is 4.98 Å². The number of nitrogens with one attached hydrogen (secondary N) is 1. The molecule has 3 heterocycles. The Morgan fingerprint density at radius 2 is 2.07 bits per heavy atom. The van der Waals surface area contributed by atoms with Crippen LogP contribution in [0, 0.1) is 5.92 Å². The first kappa shape index (κ1) is 18.3. The number of morpholine rings is 1. The normalized spacial score (nSPS) is 17.4. The van der Waals surface area contributed by atoms with Crippen molar-refractivity contribution in [3.63, 3.8) is 0 Å². The summed E-state index contributed by atoms with van der Waals surface area (Å²) in [5, 5.41) is 7.75. The summed E-state index contributed by atoms with van der Waals surface area (Å²) in [7, 11) is 1.60. The van der Waals surface area contributed by atoms with Crippen molar-refractivity contribution in [2.75, 3.05) is 43.2 Å². The van der Waals surface area contributed by atoms with Gasteiger partial charge in [-0.3, -0.25) is 5.10 Å². The number of ether oxygens (including phenoxy) is 2. The highest BCUT2D eigenvalue weighted by Crippen LogP contribution is 2.35. The molecule has 4 rings (SSSR count). The van der Waals surface area contributed by atoms with Crippen molar-refractivity contribution >= 4 is 28.5 Å². The number of nitrogen functional groups attached to an aromatic ring is 2. The molecule has 9 nitrogen and oxygen atoms in total. The Hall–Kier alpha value is -3.07. The van der Waals surface area contributed by atoms with Crippen LogP contribution in [0.4, 0.5) is 17.6 Å². The first-order chi connectivity index (χ1) is 13.5. The van der Waals surface area contributed by atoms with Gasteiger partial charge >= 0.3 is 0 Å². The fraction of sp³-hybridized carbons (Fsp3) is 0.421. The Labute approximate surface area is 163 Å². The van der Waals surface area contributed by atoms with Gasteiger partial charge in [0.1, 0.15) is 11.6 Å². The average molecular weight is 383 g/mol. The second-order valence-electron chi connectivity index (χ2n) is 7.26. The van der Waals surface area contributed by atoms with Gasteiger partial charge in [0.25, 0.3) is 0 Å². The number of H-pyrrole nitrogens is 1. The smallest absolute Gasteiger partial charge is 0.222 e. The molecule has 0 saturated carbocycles. The fourth-order valence-electron chi connectivity index (χ4n) is 3.66. The molecule has 0 radical (unpaired) electrons. The molecule has 0 bridgehead atoms. The van der Waals surface area contributed by atoms with E-state index < -0.39 is 0 Å². The molecule has 2 aromatic heterocycles. The second kappa shape index (κ2) is 7.16. The van der Waals surface area contributed by atoms with E-state index in [2.05, 4.69) is 38.9 Å².